The molecule has 0 saturated carbocycles. The molecule has 260 valence electrons. The number of aromatic nitrogens is 5. The summed E-state index contributed by atoms with van der Waals surface area (Å²) in [6.45, 7) is -1.23. The number of alkyl halides is 6. The molecular weight excluding hydrogens is 680 g/mol. The number of hydrogen-bond donors (Lipinski definition) is 3. The van der Waals surface area contributed by atoms with Gasteiger partial charge in [0.2, 0.25) is 17.0 Å². The molecule has 1 aliphatic carbocycles. The summed E-state index contributed by atoms with van der Waals surface area (Å²) in [6.07, 6.45) is -4.23. The number of carbonyl (C=O) groups excluding carboxylic acids is 1. The number of benzene rings is 1. The van der Waals surface area contributed by atoms with E-state index in [1.807, 2.05) is 0 Å². The van der Waals surface area contributed by atoms with Crippen LogP contribution >= 0.6 is 0 Å². The van der Waals surface area contributed by atoms with Crippen LogP contribution in [0.5, 0.6) is 0 Å². The first kappa shape index (κ1) is 34.3. The topological polar surface area (TPSA) is 126 Å². The van der Waals surface area contributed by atoms with Gasteiger partial charge < -0.3 is 15.3 Å². The Hall–Kier alpha value is -5.61. The van der Waals surface area contributed by atoms with Crippen molar-refractivity contribution in [3.63, 3.8) is 0 Å². The molecule has 1 atom stereocenters. The van der Waals surface area contributed by atoms with Crippen LogP contribution in [0.4, 0.5) is 35.1 Å². The predicted molar refractivity (Wildman–Crippen MR) is 162 cm³/mol. The Bertz CT molecular complexity index is 2190. The fourth-order valence-electron chi connectivity index (χ4n) is 5.96. The molecule has 3 N–H and O–H groups in total. The molecular formula is C33H24F8N6O3. The minimum atomic E-state index is -4.08. The molecule has 6 rings (SSSR count). The van der Waals surface area contributed by atoms with Crippen molar-refractivity contribution in [2.75, 3.05) is 0 Å². The van der Waals surface area contributed by atoms with Crippen LogP contribution in [-0.2, 0) is 29.6 Å². The molecule has 50 heavy (non-hydrogen) atoms. The van der Waals surface area contributed by atoms with Crippen LogP contribution in [-0.4, -0.2) is 30.6 Å². The molecule has 5 aromatic rings. The molecule has 9 nitrogen and oxygen atoms in total. The molecule has 0 spiro atoms. The normalized spacial score (nSPS) is 15.5. The van der Waals surface area contributed by atoms with Gasteiger partial charge in [-0.3, -0.25) is 19.1 Å². The zero-order valence-electron chi connectivity index (χ0n) is 25.4. The first-order chi connectivity index (χ1) is 23.6. The van der Waals surface area contributed by atoms with Gasteiger partial charge >= 0.3 is 0 Å². The zero-order valence-corrected chi connectivity index (χ0v) is 25.4. The van der Waals surface area contributed by atoms with Crippen molar-refractivity contribution in [1.29, 1.82) is 0 Å². The first-order valence-corrected chi connectivity index (χ1v) is 14.9. The number of halogens is 8. The van der Waals surface area contributed by atoms with Gasteiger partial charge in [-0.2, -0.15) is 13.9 Å². The van der Waals surface area contributed by atoms with Gasteiger partial charge in [-0.05, 0) is 47.9 Å². The summed E-state index contributed by atoms with van der Waals surface area (Å²) < 4.78 is 116. The van der Waals surface area contributed by atoms with E-state index in [4.69, 9.17) is 0 Å². The molecule has 0 aliphatic heterocycles. The summed E-state index contributed by atoms with van der Waals surface area (Å²) in [7, 11) is 0. The highest BCUT2D eigenvalue weighted by Gasteiger charge is 2.55. The third-order valence-corrected chi connectivity index (χ3v) is 8.05. The molecule has 0 fully saturated rings. The predicted octanol–water partition coefficient (Wildman–Crippen LogP) is 6.28. The number of nitrogens with zero attached hydrogens (tertiary/aromatic N) is 3. The van der Waals surface area contributed by atoms with Crippen molar-refractivity contribution in [2.24, 2.45) is 0 Å². The van der Waals surface area contributed by atoms with E-state index in [1.54, 1.807) is 0 Å². The number of nitrogens with one attached hydrogen (secondary N) is 3. The van der Waals surface area contributed by atoms with Crippen LogP contribution in [0.3, 0.4) is 0 Å². The highest BCUT2D eigenvalue weighted by Crippen LogP contribution is 2.52. The average Bonchev–Trinajstić information content (AvgIpc) is 3.44. The lowest BCUT2D eigenvalue weighted by molar-refractivity contribution is -0.123. The smallest absolute Gasteiger partial charge is 0.290 e. The van der Waals surface area contributed by atoms with Gasteiger partial charge in [0.05, 0.1) is 23.0 Å². The first-order valence-electron chi connectivity index (χ1n) is 14.9. The van der Waals surface area contributed by atoms with Crippen molar-refractivity contribution >= 4 is 5.91 Å². The Morgan fingerprint density at radius 3 is 2.10 bits per heavy atom. The Morgan fingerprint density at radius 1 is 0.840 bits per heavy atom. The number of hydrogen-bond acceptors (Lipinski definition) is 5. The van der Waals surface area contributed by atoms with Crippen LogP contribution in [0.15, 0.2) is 76.6 Å². The largest absolute Gasteiger partial charge is 0.346 e. The summed E-state index contributed by atoms with van der Waals surface area (Å²) in [5.74, 6) is -11.3. The maximum atomic E-state index is 15.0. The Kier molecular flexibility index (Phi) is 8.92. The lowest BCUT2D eigenvalue weighted by atomic mass is 9.89. The van der Waals surface area contributed by atoms with Crippen LogP contribution < -0.4 is 16.4 Å². The van der Waals surface area contributed by atoms with E-state index in [1.165, 1.54) is 48.8 Å². The maximum Gasteiger partial charge on any atom is 0.290 e. The van der Waals surface area contributed by atoms with Crippen LogP contribution in [0, 0.1) is 11.6 Å². The quantitative estimate of drug-likeness (QED) is 0.156. The Morgan fingerprint density at radius 2 is 1.46 bits per heavy atom. The molecule has 4 aromatic heterocycles. The summed E-state index contributed by atoms with van der Waals surface area (Å²) in [4.78, 5) is 47.4. The summed E-state index contributed by atoms with van der Waals surface area (Å²) in [5, 5.41) is 5.80. The van der Waals surface area contributed by atoms with E-state index < -0.39 is 95.7 Å². The Balaban J connectivity index is 1.48. The SMILES string of the molecule is O=C(Cn1nc(C(F)F)c2c1C(F)(F)CCC2(F)F)NC(Cc1cc(F)cc(F)c1)c1nc(-c2cc[nH]c(=O)c2)ccc1-c1cc[nH]c(=O)c1. The lowest BCUT2D eigenvalue weighted by Crippen LogP contribution is -2.37. The number of pyridine rings is 3. The molecule has 1 amide bonds. The van der Waals surface area contributed by atoms with Crippen LogP contribution in [0.25, 0.3) is 22.4 Å². The fraction of sp³-hybridized carbons (Fsp3) is 0.242. The molecule has 0 bridgehead atoms. The number of aromatic amines is 2. The van der Waals surface area contributed by atoms with Gasteiger partial charge in [-0.1, -0.05) is 6.07 Å². The minimum absolute atomic E-state index is 0.0179. The second-order valence-electron chi connectivity index (χ2n) is 11.6. The highest BCUT2D eigenvalue weighted by atomic mass is 19.3. The summed E-state index contributed by atoms with van der Waals surface area (Å²) in [6, 6.07) is 9.52. The minimum Gasteiger partial charge on any atom is -0.346 e. The molecule has 4 heterocycles. The van der Waals surface area contributed by atoms with E-state index in [-0.39, 0.29) is 32.8 Å². The van der Waals surface area contributed by atoms with Crippen LogP contribution in [0.2, 0.25) is 0 Å². The van der Waals surface area contributed by atoms with Crippen molar-refractivity contribution < 1.29 is 39.9 Å². The van der Waals surface area contributed by atoms with Gasteiger partial charge in [0, 0.05) is 54.6 Å². The van der Waals surface area contributed by atoms with Crippen molar-refractivity contribution in [3.05, 3.63) is 128 Å². The van der Waals surface area contributed by atoms with Gasteiger partial charge in [0.1, 0.15) is 29.6 Å². The van der Waals surface area contributed by atoms with E-state index in [0.717, 1.165) is 12.1 Å². The van der Waals surface area contributed by atoms with Gasteiger partial charge in [-0.25, -0.2) is 31.3 Å². The number of fused-ring (bicyclic) bond motifs is 1. The van der Waals surface area contributed by atoms with E-state index in [0.29, 0.717) is 11.6 Å². The van der Waals surface area contributed by atoms with Crippen molar-refractivity contribution in [3.8, 4) is 22.4 Å². The number of rotatable bonds is 9. The molecule has 17 heteroatoms. The third-order valence-electron chi connectivity index (χ3n) is 8.05. The average molecular weight is 705 g/mol. The third kappa shape index (κ3) is 6.93. The fourth-order valence-corrected chi connectivity index (χ4v) is 5.96. The van der Waals surface area contributed by atoms with E-state index in [2.05, 4.69) is 25.4 Å². The molecule has 1 aromatic carbocycles. The monoisotopic (exact) mass is 704 g/mol. The van der Waals surface area contributed by atoms with Crippen molar-refractivity contribution in [1.82, 2.24) is 30.0 Å². The molecule has 0 radical (unpaired) electrons. The molecule has 1 aliphatic rings. The molecule has 1 unspecified atom stereocenters. The van der Waals surface area contributed by atoms with Crippen LogP contribution in [0.1, 0.15) is 53.5 Å². The van der Waals surface area contributed by atoms with E-state index >= 15 is 8.78 Å². The van der Waals surface area contributed by atoms with Crippen molar-refractivity contribution in [2.45, 2.75) is 50.1 Å². The standard InChI is InChI=1S/C33H24F8N6O3/c34-19-9-16(10-20(35)14-19)11-23(44-26(50)15-47-30-27(29(46-47)31(36)37)32(38,39)5-6-33(30,40)41)28-21(17-3-7-42-24(48)12-17)1-2-22(45-28)18-4-8-43-25(49)13-18/h1-4,7-10,12-14,23,31H,5-6,11,15H2,(H,42,48)(H,43,49)(H,44,50). The molecule has 0 saturated heterocycles. The lowest BCUT2D eigenvalue weighted by Gasteiger charge is -2.29. The van der Waals surface area contributed by atoms with Gasteiger partial charge in [0.25, 0.3) is 18.3 Å². The number of H-pyrrole nitrogens is 2. The second-order valence-corrected chi connectivity index (χ2v) is 11.6. The second kappa shape index (κ2) is 13.0. The maximum absolute atomic E-state index is 15.0. The Labute approximate surface area is 276 Å². The number of carbonyl (C=O) groups is 1. The van der Waals surface area contributed by atoms with Gasteiger partial charge in [-0.15, -0.1) is 0 Å². The summed E-state index contributed by atoms with van der Waals surface area (Å²) in [5.41, 5.74) is -4.86. The number of amides is 1. The summed E-state index contributed by atoms with van der Waals surface area (Å²) >= 11 is 0. The highest BCUT2D eigenvalue weighted by molar-refractivity contribution is 5.77. The zero-order chi connectivity index (χ0) is 36.0. The van der Waals surface area contributed by atoms with E-state index in [9.17, 15) is 40.7 Å². The van der Waals surface area contributed by atoms with Gasteiger partial charge in [0.15, 0.2) is 0 Å².